The van der Waals surface area contributed by atoms with Gasteiger partial charge in [0.15, 0.2) is 11.3 Å². The summed E-state index contributed by atoms with van der Waals surface area (Å²) in [5, 5.41) is 4.71. The zero-order valence-electron chi connectivity index (χ0n) is 12.3. The van der Waals surface area contributed by atoms with Crippen molar-refractivity contribution in [1.82, 2.24) is 5.32 Å². The van der Waals surface area contributed by atoms with Crippen LogP contribution in [-0.4, -0.2) is 13.2 Å². The van der Waals surface area contributed by atoms with Crippen LogP contribution in [0.25, 0.3) is 11.0 Å². The highest BCUT2D eigenvalue weighted by molar-refractivity contribution is 5.83. The number of nitrogens with one attached hydrogen (secondary N) is 1. The van der Waals surface area contributed by atoms with E-state index in [1.807, 2.05) is 12.1 Å². The van der Waals surface area contributed by atoms with Crippen LogP contribution in [0.15, 0.2) is 28.7 Å². The summed E-state index contributed by atoms with van der Waals surface area (Å²) in [5.74, 6) is 2.61. The molecule has 0 aliphatic heterocycles. The van der Waals surface area contributed by atoms with Crippen LogP contribution < -0.4 is 10.1 Å². The molecule has 3 rings (SSSR count). The normalized spacial score (nSPS) is 17.7. The first-order valence-electron chi connectivity index (χ1n) is 7.56. The molecule has 0 amide bonds. The summed E-state index contributed by atoms with van der Waals surface area (Å²) in [4.78, 5) is 0. The van der Waals surface area contributed by atoms with Crippen molar-refractivity contribution in [2.45, 2.75) is 45.2 Å². The average molecular weight is 273 g/mol. The molecule has 1 aliphatic carbocycles. The summed E-state index contributed by atoms with van der Waals surface area (Å²) in [7, 11) is 1.68. The molecule has 1 saturated carbocycles. The van der Waals surface area contributed by atoms with Crippen molar-refractivity contribution in [2.24, 2.45) is 5.92 Å². The average Bonchev–Trinajstić information content (AvgIpc) is 3.12. The zero-order chi connectivity index (χ0) is 13.9. The standard InChI is InChI=1S/C17H23NO2/c1-12(13-6-3-4-7-13)18-11-15-10-14-8-5-9-16(19-2)17(14)20-15/h5,8-10,12-13,18H,3-4,6-7,11H2,1-2H3/t12-/m0/s1. The SMILES string of the molecule is COc1cccc2cc(CN[C@@H](C)C3CCCC3)oc12. The first-order valence-corrected chi connectivity index (χ1v) is 7.56. The van der Waals surface area contributed by atoms with Gasteiger partial charge in [0.2, 0.25) is 0 Å². The maximum Gasteiger partial charge on any atom is 0.176 e. The maximum absolute atomic E-state index is 5.92. The van der Waals surface area contributed by atoms with Crippen molar-refractivity contribution >= 4 is 11.0 Å². The minimum Gasteiger partial charge on any atom is -0.493 e. The van der Waals surface area contributed by atoms with Crippen molar-refractivity contribution in [2.75, 3.05) is 7.11 Å². The van der Waals surface area contributed by atoms with E-state index >= 15 is 0 Å². The number of hydrogen-bond donors (Lipinski definition) is 1. The fourth-order valence-corrected chi connectivity index (χ4v) is 3.22. The number of hydrogen-bond acceptors (Lipinski definition) is 3. The van der Waals surface area contributed by atoms with Gasteiger partial charge in [0.05, 0.1) is 13.7 Å². The lowest BCUT2D eigenvalue weighted by atomic mass is 10.00. The summed E-state index contributed by atoms with van der Waals surface area (Å²) in [6.07, 6.45) is 5.50. The molecule has 1 aliphatic rings. The van der Waals surface area contributed by atoms with Crippen LogP contribution in [0.2, 0.25) is 0 Å². The number of para-hydroxylation sites is 1. The quantitative estimate of drug-likeness (QED) is 0.890. The predicted molar refractivity (Wildman–Crippen MR) is 81.0 cm³/mol. The van der Waals surface area contributed by atoms with E-state index in [0.717, 1.165) is 34.9 Å². The Morgan fingerprint density at radius 2 is 2.15 bits per heavy atom. The minimum absolute atomic E-state index is 0.563. The molecule has 1 N–H and O–H groups in total. The summed E-state index contributed by atoms with van der Waals surface area (Å²) >= 11 is 0. The minimum atomic E-state index is 0.563. The molecule has 3 heteroatoms. The van der Waals surface area contributed by atoms with Crippen molar-refractivity contribution in [3.63, 3.8) is 0 Å². The predicted octanol–water partition coefficient (Wildman–Crippen LogP) is 4.11. The third kappa shape index (κ3) is 2.68. The highest BCUT2D eigenvalue weighted by Gasteiger charge is 2.21. The Labute approximate surface area is 120 Å². The Hall–Kier alpha value is -1.48. The Kier molecular flexibility index (Phi) is 3.97. The highest BCUT2D eigenvalue weighted by atomic mass is 16.5. The molecule has 0 radical (unpaired) electrons. The van der Waals surface area contributed by atoms with Gasteiger partial charge in [-0.2, -0.15) is 0 Å². The van der Waals surface area contributed by atoms with Crippen molar-refractivity contribution in [3.8, 4) is 5.75 Å². The van der Waals surface area contributed by atoms with E-state index in [4.69, 9.17) is 9.15 Å². The molecule has 1 heterocycles. The summed E-state index contributed by atoms with van der Waals surface area (Å²) < 4.78 is 11.2. The van der Waals surface area contributed by atoms with Crippen LogP contribution in [0.1, 0.15) is 38.4 Å². The molecule has 2 aromatic rings. The van der Waals surface area contributed by atoms with E-state index < -0.39 is 0 Å². The molecule has 0 bridgehead atoms. The van der Waals surface area contributed by atoms with Gasteiger partial charge in [-0.25, -0.2) is 0 Å². The van der Waals surface area contributed by atoms with Gasteiger partial charge < -0.3 is 14.5 Å². The van der Waals surface area contributed by atoms with E-state index in [-0.39, 0.29) is 0 Å². The molecular weight excluding hydrogens is 250 g/mol. The van der Waals surface area contributed by atoms with Gasteiger partial charge in [-0.3, -0.25) is 0 Å². The lowest BCUT2D eigenvalue weighted by molar-refractivity contribution is 0.363. The second-order valence-electron chi connectivity index (χ2n) is 5.81. The molecule has 1 aromatic heterocycles. The Bertz CT molecular complexity index is 569. The summed E-state index contributed by atoms with van der Waals surface area (Å²) in [5.41, 5.74) is 0.848. The van der Waals surface area contributed by atoms with Crippen LogP contribution in [0.5, 0.6) is 5.75 Å². The monoisotopic (exact) mass is 273 g/mol. The fraction of sp³-hybridized carbons (Fsp3) is 0.529. The number of methoxy groups -OCH3 is 1. The number of benzene rings is 1. The van der Waals surface area contributed by atoms with Crippen LogP contribution in [0, 0.1) is 5.92 Å². The Balaban J connectivity index is 1.68. The third-order valence-electron chi connectivity index (χ3n) is 4.48. The van der Waals surface area contributed by atoms with Crippen molar-refractivity contribution in [1.29, 1.82) is 0 Å². The molecule has 0 saturated heterocycles. The molecule has 0 spiro atoms. The van der Waals surface area contributed by atoms with E-state index in [9.17, 15) is 0 Å². The van der Waals surface area contributed by atoms with Crippen LogP contribution in [0.4, 0.5) is 0 Å². The lowest BCUT2D eigenvalue weighted by Gasteiger charge is -2.19. The fourth-order valence-electron chi connectivity index (χ4n) is 3.22. The number of fused-ring (bicyclic) bond motifs is 1. The Morgan fingerprint density at radius 3 is 2.90 bits per heavy atom. The molecule has 1 fully saturated rings. The number of rotatable bonds is 5. The van der Waals surface area contributed by atoms with Crippen LogP contribution >= 0.6 is 0 Å². The third-order valence-corrected chi connectivity index (χ3v) is 4.48. The second-order valence-corrected chi connectivity index (χ2v) is 5.81. The van der Waals surface area contributed by atoms with Crippen LogP contribution in [-0.2, 0) is 6.54 Å². The van der Waals surface area contributed by atoms with E-state index in [2.05, 4.69) is 24.4 Å². The molecule has 1 atom stereocenters. The van der Waals surface area contributed by atoms with Gasteiger partial charge in [0, 0.05) is 11.4 Å². The molecule has 108 valence electrons. The molecule has 0 unspecified atom stereocenters. The zero-order valence-corrected chi connectivity index (χ0v) is 12.3. The number of furan rings is 1. The highest BCUT2D eigenvalue weighted by Crippen LogP contribution is 2.30. The van der Waals surface area contributed by atoms with Gasteiger partial charge in [-0.05, 0) is 37.8 Å². The van der Waals surface area contributed by atoms with Gasteiger partial charge in [-0.1, -0.05) is 25.0 Å². The van der Waals surface area contributed by atoms with Crippen molar-refractivity contribution < 1.29 is 9.15 Å². The lowest BCUT2D eigenvalue weighted by Crippen LogP contribution is -2.31. The van der Waals surface area contributed by atoms with Gasteiger partial charge in [-0.15, -0.1) is 0 Å². The second kappa shape index (κ2) is 5.88. The van der Waals surface area contributed by atoms with E-state index in [0.29, 0.717) is 6.04 Å². The maximum atomic E-state index is 5.92. The smallest absolute Gasteiger partial charge is 0.176 e. The topological polar surface area (TPSA) is 34.4 Å². The summed E-state index contributed by atoms with van der Waals surface area (Å²) in [6.45, 7) is 3.08. The molecule has 3 nitrogen and oxygen atoms in total. The molecule has 20 heavy (non-hydrogen) atoms. The largest absolute Gasteiger partial charge is 0.493 e. The van der Waals surface area contributed by atoms with E-state index in [1.165, 1.54) is 25.7 Å². The Morgan fingerprint density at radius 1 is 1.35 bits per heavy atom. The van der Waals surface area contributed by atoms with Gasteiger partial charge >= 0.3 is 0 Å². The summed E-state index contributed by atoms with van der Waals surface area (Å²) in [6, 6.07) is 8.66. The first-order chi connectivity index (χ1) is 9.78. The van der Waals surface area contributed by atoms with Crippen molar-refractivity contribution in [3.05, 3.63) is 30.0 Å². The van der Waals surface area contributed by atoms with Crippen LogP contribution in [0.3, 0.4) is 0 Å². The first kappa shape index (κ1) is 13.5. The molecule has 1 aromatic carbocycles. The van der Waals surface area contributed by atoms with Gasteiger partial charge in [0.25, 0.3) is 0 Å². The molecular formula is C17H23NO2. The number of ether oxygens (including phenoxy) is 1. The van der Waals surface area contributed by atoms with Gasteiger partial charge in [0.1, 0.15) is 5.76 Å². The van der Waals surface area contributed by atoms with E-state index in [1.54, 1.807) is 7.11 Å².